The van der Waals surface area contributed by atoms with Gasteiger partial charge in [-0.15, -0.1) is 0 Å². The number of fused-ring (bicyclic) bond motifs is 1. The van der Waals surface area contributed by atoms with Crippen LogP contribution < -0.4 is 10.3 Å². The van der Waals surface area contributed by atoms with Crippen molar-refractivity contribution >= 4 is 22.4 Å². The lowest BCUT2D eigenvalue weighted by atomic mass is 9.91. The van der Waals surface area contributed by atoms with Crippen LogP contribution in [0.3, 0.4) is 0 Å². The van der Waals surface area contributed by atoms with Gasteiger partial charge in [-0.05, 0) is 62.4 Å². The molecule has 0 amide bonds. The number of aromatic amines is 1. The molecule has 0 radical (unpaired) electrons. The molecule has 0 bridgehead atoms. The monoisotopic (exact) mass is 348 g/mol. The van der Waals surface area contributed by atoms with Crippen molar-refractivity contribution < 1.29 is 4.74 Å². The first-order valence-corrected chi connectivity index (χ1v) is 9.21. The van der Waals surface area contributed by atoms with Gasteiger partial charge in [0.1, 0.15) is 5.75 Å². The molecule has 0 saturated heterocycles. The van der Waals surface area contributed by atoms with Gasteiger partial charge in [0.25, 0.3) is 5.56 Å². The third-order valence-corrected chi connectivity index (χ3v) is 5.39. The number of nitrogens with zero attached hydrogens (tertiary/aromatic N) is 1. The summed E-state index contributed by atoms with van der Waals surface area (Å²) in [7, 11) is 0. The molecule has 24 heavy (non-hydrogen) atoms. The van der Waals surface area contributed by atoms with Crippen LogP contribution >= 0.6 is 11.6 Å². The summed E-state index contributed by atoms with van der Waals surface area (Å²) < 4.78 is 6.17. The number of nitrogens with one attached hydrogen (secondary N) is 1. The zero-order chi connectivity index (χ0) is 17.1. The van der Waals surface area contributed by atoms with Crippen molar-refractivity contribution in [3.8, 4) is 5.75 Å². The van der Waals surface area contributed by atoms with Crippen molar-refractivity contribution in [1.82, 2.24) is 9.88 Å². The van der Waals surface area contributed by atoms with E-state index in [1.54, 1.807) is 12.3 Å². The number of rotatable bonds is 5. The van der Waals surface area contributed by atoms with Crippen molar-refractivity contribution in [2.45, 2.75) is 51.7 Å². The lowest BCUT2D eigenvalue weighted by molar-refractivity contribution is 0.0936. The lowest BCUT2D eigenvalue weighted by Gasteiger charge is -2.35. The molecule has 0 aliphatic heterocycles. The molecule has 4 nitrogen and oxygen atoms in total. The van der Waals surface area contributed by atoms with E-state index in [1.165, 1.54) is 0 Å². The third kappa shape index (κ3) is 3.60. The van der Waals surface area contributed by atoms with E-state index in [2.05, 4.69) is 23.7 Å². The molecule has 1 aromatic heterocycles. The molecule has 130 valence electrons. The average molecular weight is 349 g/mol. The van der Waals surface area contributed by atoms with E-state index in [4.69, 9.17) is 16.3 Å². The molecule has 2 aromatic rings. The Bertz CT molecular complexity index is 747. The molecule has 1 fully saturated rings. The van der Waals surface area contributed by atoms with Crippen LogP contribution in [0.5, 0.6) is 5.75 Å². The highest BCUT2D eigenvalue weighted by atomic mass is 35.5. The summed E-state index contributed by atoms with van der Waals surface area (Å²) in [6.45, 7) is 6.67. The van der Waals surface area contributed by atoms with E-state index in [0.717, 1.165) is 44.2 Å². The van der Waals surface area contributed by atoms with Crippen LogP contribution in [-0.4, -0.2) is 35.1 Å². The highest BCUT2D eigenvalue weighted by molar-refractivity contribution is 6.32. The fraction of sp³-hybridized carbons (Fsp3) is 0.526. The van der Waals surface area contributed by atoms with Gasteiger partial charge >= 0.3 is 0 Å². The van der Waals surface area contributed by atoms with Crippen molar-refractivity contribution in [2.24, 2.45) is 0 Å². The molecule has 1 saturated carbocycles. The van der Waals surface area contributed by atoms with Crippen molar-refractivity contribution in [2.75, 3.05) is 13.1 Å². The highest BCUT2D eigenvalue weighted by Crippen LogP contribution is 2.32. The normalized spacial score (nSPS) is 21.3. The van der Waals surface area contributed by atoms with Crippen molar-refractivity contribution in [3.63, 3.8) is 0 Å². The minimum atomic E-state index is -0.124. The second-order valence-electron chi connectivity index (χ2n) is 6.45. The maximum Gasteiger partial charge on any atom is 0.255 e. The SMILES string of the molecule is CCN(CC)C1CCC(Oc2cc3cc[nH]c(=O)c3cc2Cl)CC1. The predicted octanol–water partition coefficient (Wildman–Crippen LogP) is 4.21. The van der Waals surface area contributed by atoms with Gasteiger partial charge in [0.2, 0.25) is 0 Å². The topological polar surface area (TPSA) is 45.3 Å². The van der Waals surface area contributed by atoms with Gasteiger partial charge in [0, 0.05) is 17.6 Å². The van der Waals surface area contributed by atoms with Gasteiger partial charge in [-0.1, -0.05) is 25.4 Å². The number of hydrogen-bond donors (Lipinski definition) is 1. The number of halogens is 1. The van der Waals surface area contributed by atoms with Crippen LogP contribution in [0.2, 0.25) is 5.02 Å². The summed E-state index contributed by atoms with van der Waals surface area (Å²) in [4.78, 5) is 17.0. The zero-order valence-electron chi connectivity index (χ0n) is 14.3. The Labute approximate surface area is 147 Å². The molecule has 0 unspecified atom stereocenters. The van der Waals surface area contributed by atoms with Crippen LogP contribution in [-0.2, 0) is 0 Å². The molecule has 0 spiro atoms. The van der Waals surface area contributed by atoms with Gasteiger partial charge in [0.15, 0.2) is 0 Å². The minimum absolute atomic E-state index is 0.124. The summed E-state index contributed by atoms with van der Waals surface area (Å²) in [5, 5.41) is 1.96. The van der Waals surface area contributed by atoms with E-state index in [9.17, 15) is 4.79 Å². The van der Waals surface area contributed by atoms with Crippen LogP contribution in [0.1, 0.15) is 39.5 Å². The summed E-state index contributed by atoms with van der Waals surface area (Å²) in [6, 6.07) is 6.12. The van der Waals surface area contributed by atoms with Crippen LogP contribution in [0.15, 0.2) is 29.2 Å². The molecule has 1 heterocycles. The number of ether oxygens (including phenoxy) is 1. The second-order valence-corrected chi connectivity index (χ2v) is 6.85. The predicted molar refractivity (Wildman–Crippen MR) is 99.2 cm³/mol. The second kappa shape index (κ2) is 7.58. The Morgan fingerprint density at radius 2 is 1.92 bits per heavy atom. The first-order valence-electron chi connectivity index (χ1n) is 8.84. The Morgan fingerprint density at radius 1 is 1.21 bits per heavy atom. The van der Waals surface area contributed by atoms with E-state index in [0.29, 0.717) is 22.2 Å². The van der Waals surface area contributed by atoms with Crippen molar-refractivity contribution in [1.29, 1.82) is 0 Å². The largest absolute Gasteiger partial charge is 0.489 e. The van der Waals surface area contributed by atoms with Gasteiger partial charge < -0.3 is 14.6 Å². The Morgan fingerprint density at radius 3 is 2.58 bits per heavy atom. The zero-order valence-corrected chi connectivity index (χ0v) is 15.1. The number of benzene rings is 1. The molecule has 5 heteroatoms. The Balaban J connectivity index is 1.70. The maximum absolute atomic E-state index is 11.8. The number of H-pyrrole nitrogens is 1. The first kappa shape index (κ1) is 17.3. The molecular formula is C19H25ClN2O2. The standard InChI is InChI=1S/C19H25ClN2O2/c1-3-22(4-2)14-5-7-15(8-6-14)24-18-11-13-9-10-21-19(23)16(13)12-17(18)20/h9-12,14-15H,3-8H2,1-2H3,(H,21,23). The smallest absolute Gasteiger partial charge is 0.255 e. The molecule has 1 N–H and O–H groups in total. The Kier molecular flexibility index (Phi) is 5.47. The van der Waals surface area contributed by atoms with Gasteiger partial charge in [-0.3, -0.25) is 4.79 Å². The first-order chi connectivity index (χ1) is 11.6. The molecule has 1 aromatic carbocycles. The fourth-order valence-electron chi connectivity index (χ4n) is 3.73. The summed E-state index contributed by atoms with van der Waals surface area (Å²) in [5.74, 6) is 0.682. The minimum Gasteiger partial charge on any atom is -0.489 e. The third-order valence-electron chi connectivity index (χ3n) is 5.09. The molecular weight excluding hydrogens is 324 g/mol. The van der Waals surface area contributed by atoms with Crippen LogP contribution in [0.4, 0.5) is 0 Å². The number of pyridine rings is 1. The quantitative estimate of drug-likeness (QED) is 0.880. The average Bonchev–Trinajstić information content (AvgIpc) is 2.59. The van der Waals surface area contributed by atoms with Crippen LogP contribution in [0.25, 0.3) is 10.8 Å². The lowest BCUT2D eigenvalue weighted by Crippen LogP contribution is -2.39. The maximum atomic E-state index is 11.8. The molecule has 1 aliphatic rings. The number of aromatic nitrogens is 1. The summed E-state index contributed by atoms with van der Waals surface area (Å²) >= 11 is 6.33. The Hall–Kier alpha value is -1.52. The summed E-state index contributed by atoms with van der Waals surface area (Å²) in [5.41, 5.74) is -0.124. The van der Waals surface area contributed by atoms with E-state index >= 15 is 0 Å². The molecule has 1 aliphatic carbocycles. The number of hydrogen-bond acceptors (Lipinski definition) is 3. The summed E-state index contributed by atoms with van der Waals surface area (Å²) in [6.07, 6.45) is 6.27. The van der Waals surface area contributed by atoms with E-state index in [1.807, 2.05) is 12.1 Å². The molecule has 0 atom stereocenters. The fourth-order valence-corrected chi connectivity index (χ4v) is 3.93. The molecule has 3 rings (SSSR count). The van der Waals surface area contributed by atoms with Crippen molar-refractivity contribution in [3.05, 3.63) is 39.8 Å². The van der Waals surface area contributed by atoms with Crippen LogP contribution in [0, 0.1) is 0 Å². The van der Waals surface area contributed by atoms with Gasteiger partial charge in [-0.2, -0.15) is 0 Å². The van der Waals surface area contributed by atoms with E-state index in [-0.39, 0.29) is 11.7 Å². The van der Waals surface area contributed by atoms with Gasteiger partial charge in [0.05, 0.1) is 11.1 Å². The van der Waals surface area contributed by atoms with E-state index < -0.39 is 0 Å². The highest BCUT2D eigenvalue weighted by Gasteiger charge is 2.26. The van der Waals surface area contributed by atoms with Gasteiger partial charge in [-0.25, -0.2) is 0 Å².